The van der Waals surface area contributed by atoms with Crippen molar-refractivity contribution in [3.8, 4) is 0 Å². The van der Waals surface area contributed by atoms with Crippen LogP contribution in [0.15, 0.2) is 36.5 Å². The zero-order valence-electron chi connectivity index (χ0n) is 14.6. The lowest BCUT2D eigenvalue weighted by molar-refractivity contribution is 0.0711. The number of piperidine rings is 1. The monoisotopic (exact) mass is 347 g/mol. The third kappa shape index (κ3) is 2.85. The van der Waals surface area contributed by atoms with E-state index in [0.29, 0.717) is 11.8 Å². The van der Waals surface area contributed by atoms with Crippen molar-refractivity contribution in [2.75, 3.05) is 13.1 Å². The number of fused-ring (bicyclic) bond motifs is 1. The first-order chi connectivity index (χ1) is 12.8. The number of aromatic amines is 1. The summed E-state index contributed by atoms with van der Waals surface area (Å²) in [5.74, 6) is 3.02. The second kappa shape index (κ2) is 6.20. The maximum atomic E-state index is 12.9. The first-order valence-corrected chi connectivity index (χ1v) is 9.34. The Morgan fingerprint density at radius 2 is 1.92 bits per heavy atom. The number of nitrogens with one attached hydrogen (secondary N) is 1. The second-order valence-corrected chi connectivity index (χ2v) is 7.33. The van der Waals surface area contributed by atoms with Gasteiger partial charge in [0.1, 0.15) is 5.82 Å². The Morgan fingerprint density at radius 1 is 1.08 bits per heavy atom. The van der Waals surface area contributed by atoms with E-state index in [2.05, 4.69) is 20.2 Å². The molecular weight excluding hydrogens is 326 g/mol. The molecule has 5 rings (SSSR count). The van der Waals surface area contributed by atoms with Gasteiger partial charge in [0.05, 0.1) is 5.52 Å². The molecule has 2 aliphatic rings. The predicted octanol–water partition coefficient (Wildman–Crippen LogP) is 3.25. The summed E-state index contributed by atoms with van der Waals surface area (Å²) in [4.78, 5) is 23.8. The summed E-state index contributed by atoms with van der Waals surface area (Å²) in [5, 5.41) is 8.48. The minimum atomic E-state index is 0.102. The minimum absolute atomic E-state index is 0.102. The zero-order valence-corrected chi connectivity index (χ0v) is 14.6. The number of likely N-dealkylation sites (tertiary alicyclic amines) is 1. The van der Waals surface area contributed by atoms with E-state index >= 15 is 0 Å². The van der Waals surface area contributed by atoms with Gasteiger partial charge in [0.15, 0.2) is 5.82 Å². The first kappa shape index (κ1) is 15.5. The number of carbonyl (C=O) groups is 1. The average Bonchev–Trinajstić information content (AvgIpc) is 3.44. The highest BCUT2D eigenvalue weighted by molar-refractivity contribution is 5.98. The summed E-state index contributed by atoms with van der Waals surface area (Å²) in [6.45, 7) is 1.52. The van der Waals surface area contributed by atoms with Gasteiger partial charge >= 0.3 is 0 Å². The van der Waals surface area contributed by atoms with Gasteiger partial charge in [-0.15, -0.1) is 0 Å². The summed E-state index contributed by atoms with van der Waals surface area (Å²) in [6.07, 6.45) is 6.06. The van der Waals surface area contributed by atoms with Crippen LogP contribution in [0.4, 0.5) is 0 Å². The molecule has 2 fully saturated rings. The largest absolute Gasteiger partial charge is 0.339 e. The van der Waals surface area contributed by atoms with Crippen molar-refractivity contribution in [2.24, 2.45) is 0 Å². The fraction of sp³-hybridized carbons (Fsp3) is 0.400. The molecule has 3 heterocycles. The molecule has 6 heteroatoms. The van der Waals surface area contributed by atoms with Gasteiger partial charge in [-0.05, 0) is 49.9 Å². The number of aromatic nitrogens is 4. The maximum absolute atomic E-state index is 12.9. The summed E-state index contributed by atoms with van der Waals surface area (Å²) >= 11 is 0. The Labute approximate surface area is 151 Å². The quantitative estimate of drug-likeness (QED) is 0.789. The molecule has 0 atom stereocenters. The molecule has 1 amide bonds. The molecule has 1 saturated carbocycles. The maximum Gasteiger partial charge on any atom is 0.253 e. The van der Waals surface area contributed by atoms with Gasteiger partial charge < -0.3 is 4.90 Å². The van der Waals surface area contributed by atoms with Crippen molar-refractivity contribution in [3.05, 3.63) is 53.7 Å². The van der Waals surface area contributed by atoms with E-state index in [1.54, 1.807) is 6.20 Å². The lowest BCUT2D eigenvalue weighted by Crippen LogP contribution is -2.38. The fourth-order valence-electron chi connectivity index (χ4n) is 3.74. The number of benzene rings is 1. The van der Waals surface area contributed by atoms with E-state index in [0.717, 1.165) is 54.0 Å². The molecule has 1 aliphatic heterocycles. The van der Waals surface area contributed by atoms with Crippen LogP contribution in [-0.2, 0) is 0 Å². The fourth-order valence-corrected chi connectivity index (χ4v) is 3.74. The molecule has 1 aliphatic carbocycles. The molecule has 0 spiro atoms. The van der Waals surface area contributed by atoms with Crippen molar-refractivity contribution in [1.82, 2.24) is 25.1 Å². The van der Waals surface area contributed by atoms with Gasteiger partial charge in [0, 0.05) is 42.1 Å². The van der Waals surface area contributed by atoms with Crippen LogP contribution >= 0.6 is 0 Å². The highest BCUT2D eigenvalue weighted by Crippen LogP contribution is 2.38. The average molecular weight is 347 g/mol. The standard InChI is InChI=1S/C20H21N5O/c26-20(16-5-6-17-15(12-16)2-1-9-21-17)25-10-7-14(8-11-25)19-22-18(23-24-19)13-3-4-13/h1-2,5-6,9,12-14H,3-4,7-8,10-11H2,(H,22,23,24). The lowest BCUT2D eigenvalue weighted by atomic mass is 9.95. The van der Waals surface area contributed by atoms with Gasteiger partial charge in [-0.1, -0.05) is 6.07 Å². The molecule has 0 unspecified atom stereocenters. The summed E-state index contributed by atoms with van der Waals surface area (Å²) in [5.41, 5.74) is 1.65. The van der Waals surface area contributed by atoms with E-state index in [9.17, 15) is 4.79 Å². The van der Waals surface area contributed by atoms with Crippen LogP contribution in [-0.4, -0.2) is 44.1 Å². The molecule has 6 nitrogen and oxygen atoms in total. The van der Waals surface area contributed by atoms with Crippen LogP contribution in [0.1, 0.15) is 59.5 Å². The van der Waals surface area contributed by atoms with Crippen molar-refractivity contribution in [2.45, 2.75) is 37.5 Å². The van der Waals surface area contributed by atoms with Crippen LogP contribution in [0.5, 0.6) is 0 Å². The van der Waals surface area contributed by atoms with E-state index in [1.807, 2.05) is 35.2 Å². The third-order valence-electron chi connectivity index (χ3n) is 5.48. The summed E-state index contributed by atoms with van der Waals surface area (Å²) in [7, 11) is 0. The lowest BCUT2D eigenvalue weighted by Gasteiger charge is -2.31. The molecule has 1 N–H and O–H groups in total. The predicted molar refractivity (Wildman–Crippen MR) is 98.0 cm³/mol. The van der Waals surface area contributed by atoms with Crippen LogP contribution in [0.3, 0.4) is 0 Å². The molecule has 132 valence electrons. The Morgan fingerprint density at radius 3 is 2.73 bits per heavy atom. The normalized spacial score (nSPS) is 18.4. The number of rotatable bonds is 3. The molecule has 3 aromatic rings. The third-order valence-corrected chi connectivity index (χ3v) is 5.48. The van der Waals surface area contributed by atoms with Gasteiger partial charge in [-0.3, -0.25) is 14.9 Å². The van der Waals surface area contributed by atoms with E-state index in [1.165, 1.54) is 12.8 Å². The topological polar surface area (TPSA) is 74.8 Å². The molecule has 1 aromatic carbocycles. The molecule has 0 bridgehead atoms. The van der Waals surface area contributed by atoms with Crippen molar-refractivity contribution < 1.29 is 4.79 Å². The zero-order chi connectivity index (χ0) is 17.5. The Balaban J connectivity index is 1.27. The van der Waals surface area contributed by atoms with Gasteiger partial charge in [0.25, 0.3) is 5.91 Å². The molecular formula is C20H21N5O. The van der Waals surface area contributed by atoms with Crippen LogP contribution in [0, 0.1) is 0 Å². The molecule has 26 heavy (non-hydrogen) atoms. The Hall–Kier alpha value is -2.76. The number of H-pyrrole nitrogens is 1. The number of amides is 1. The summed E-state index contributed by atoms with van der Waals surface area (Å²) in [6, 6.07) is 9.63. The van der Waals surface area contributed by atoms with Gasteiger partial charge in [-0.25, -0.2) is 4.98 Å². The van der Waals surface area contributed by atoms with Crippen molar-refractivity contribution >= 4 is 16.8 Å². The molecule has 2 aromatic heterocycles. The number of carbonyl (C=O) groups excluding carboxylic acids is 1. The van der Waals surface area contributed by atoms with Crippen LogP contribution in [0.2, 0.25) is 0 Å². The minimum Gasteiger partial charge on any atom is -0.339 e. The molecule has 0 radical (unpaired) electrons. The van der Waals surface area contributed by atoms with Crippen LogP contribution in [0.25, 0.3) is 10.9 Å². The van der Waals surface area contributed by atoms with Crippen molar-refractivity contribution in [1.29, 1.82) is 0 Å². The SMILES string of the molecule is O=C(c1ccc2ncccc2c1)N1CCC(c2nc(C3CC3)n[nH]2)CC1. The van der Waals surface area contributed by atoms with E-state index in [4.69, 9.17) is 0 Å². The van der Waals surface area contributed by atoms with E-state index in [-0.39, 0.29) is 5.91 Å². The first-order valence-electron chi connectivity index (χ1n) is 9.34. The number of hydrogen-bond donors (Lipinski definition) is 1. The molecule has 1 saturated heterocycles. The Kier molecular flexibility index (Phi) is 3.69. The van der Waals surface area contributed by atoms with Crippen molar-refractivity contribution in [3.63, 3.8) is 0 Å². The number of hydrogen-bond acceptors (Lipinski definition) is 4. The number of pyridine rings is 1. The smallest absolute Gasteiger partial charge is 0.253 e. The summed E-state index contributed by atoms with van der Waals surface area (Å²) < 4.78 is 0. The van der Waals surface area contributed by atoms with Gasteiger partial charge in [-0.2, -0.15) is 5.10 Å². The highest BCUT2D eigenvalue weighted by Gasteiger charge is 2.30. The highest BCUT2D eigenvalue weighted by atomic mass is 16.2. The Bertz CT molecular complexity index is 953. The second-order valence-electron chi connectivity index (χ2n) is 7.33. The van der Waals surface area contributed by atoms with Gasteiger partial charge in [0.2, 0.25) is 0 Å². The van der Waals surface area contributed by atoms with E-state index < -0.39 is 0 Å². The number of nitrogens with zero attached hydrogens (tertiary/aromatic N) is 4. The van der Waals surface area contributed by atoms with Crippen LogP contribution < -0.4 is 0 Å².